The number of nitrogens with zero attached hydrogens (tertiary/aromatic N) is 5. The van der Waals surface area contributed by atoms with Crippen molar-refractivity contribution in [2.75, 3.05) is 40.3 Å². The number of carbonyl (C=O) groups excluding carboxylic acids is 2. The molecule has 126 valence electrons. The van der Waals surface area contributed by atoms with Crippen LogP contribution in [0.3, 0.4) is 0 Å². The SMILES string of the molecule is CN1CCC(NC(=O)N2CCN(C)C(c3nccn3C)C2)C1=O. The minimum atomic E-state index is -0.390. The molecule has 1 aromatic heterocycles. The smallest absolute Gasteiger partial charge is 0.318 e. The van der Waals surface area contributed by atoms with Gasteiger partial charge in [-0.1, -0.05) is 0 Å². The van der Waals surface area contributed by atoms with Crippen LogP contribution in [0.15, 0.2) is 12.4 Å². The Balaban J connectivity index is 1.65. The fraction of sp³-hybridized carbons (Fsp3) is 0.667. The van der Waals surface area contributed by atoms with E-state index in [1.165, 1.54) is 0 Å². The molecule has 2 aliphatic rings. The van der Waals surface area contributed by atoms with E-state index >= 15 is 0 Å². The number of imidazole rings is 1. The number of carbonyl (C=O) groups is 2. The van der Waals surface area contributed by atoms with Crippen LogP contribution in [0.5, 0.6) is 0 Å². The standard InChI is InChI=1S/C15H24N6O2/c1-18-8-9-21(10-12(18)13-16-5-7-19(13)2)15(23)17-11-4-6-20(3)14(11)22/h5,7,11-12H,4,6,8-10H2,1-3H3,(H,17,23). The number of aryl methyl sites for hydroxylation is 1. The van der Waals surface area contributed by atoms with Gasteiger partial charge in [-0.3, -0.25) is 9.69 Å². The second-order valence-corrected chi connectivity index (χ2v) is 6.39. The monoisotopic (exact) mass is 320 g/mol. The first-order valence-corrected chi connectivity index (χ1v) is 7.95. The number of nitrogens with one attached hydrogen (secondary N) is 1. The minimum absolute atomic E-state index is 0.00636. The normalized spacial score (nSPS) is 26.0. The molecule has 1 aromatic rings. The Morgan fingerprint density at radius 1 is 1.26 bits per heavy atom. The molecule has 1 N–H and O–H groups in total. The number of aromatic nitrogens is 2. The van der Waals surface area contributed by atoms with Crippen LogP contribution in [0, 0.1) is 0 Å². The van der Waals surface area contributed by atoms with E-state index in [0.717, 1.165) is 12.4 Å². The van der Waals surface area contributed by atoms with Crippen LogP contribution in [0.25, 0.3) is 0 Å². The Bertz CT molecular complexity index is 601. The summed E-state index contributed by atoms with van der Waals surface area (Å²) in [5, 5.41) is 2.87. The molecular weight excluding hydrogens is 296 g/mol. The molecule has 23 heavy (non-hydrogen) atoms. The lowest BCUT2D eigenvalue weighted by Crippen LogP contribution is -2.54. The molecule has 3 rings (SSSR count). The van der Waals surface area contributed by atoms with Crippen LogP contribution in [0.2, 0.25) is 0 Å². The second kappa shape index (κ2) is 6.19. The number of piperazine rings is 1. The van der Waals surface area contributed by atoms with Crippen LogP contribution in [-0.4, -0.2) is 82.5 Å². The highest BCUT2D eigenvalue weighted by Gasteiger charge is 2.34. The van der Waals surface area contributed by atoms with Crippen LogP contribution in [-0.2, 0) is 11.8 Å². The maximum atomic E-state index is 12.5. The molecule has 2 saturated heterocycles. The molecule has 0 saturated carbocycles. The van der Waals surface area contributed by atoms with Gasteiger partial charge in [-0.05, 0) is 13.5 Å². The van der Waals surface area contributed by atoms with E-state index in [4.69, 9.17) is 0 Å². The molecule has 2 atom stereocenters. The number of hydrogen-bond donors (Lipinski definition) is 1. The lowest BCUT2D eigenvalue weighted by molar-refractivity contribution is -0.128. The molecule has 3 amide bonds. The van der Waals surface area contributed by atoms with Crippen molar-refractivity contribution in [1.29, 1.82) is 0 Å². The molecule has 0 aliphatic carbocycles. The van der Waals surface area contributed by atoms with Gasteiger partial charge in [0.1, 0.15) is 11.9 Å². The van der Waals surface area contributed by atoms with Crippen molar-refractivity contribution in [2.45, 2.75) is 18.5 Å². The van der Waals surface area contributed by atoms with Gasteiger partial charge in [0, 0.05) is 52.7 Å². The Morgan fingerprint density at radius 2 is 2.04 bits per heavy atom. The number of rotatable bonds is 2. The van der Waals surface area contributed by atoms with E-state index < -0.39 is 6.04 Å². The van der Waals surface area contributed by atoms with Crippen molar-refractivity contribution in [2.24, 2.45) is 7.05 Å². The Morgan fingerprint density at radius 3 is 2.65 bits per heavy atom. The van der Waals surface area contributed by atoms with Crippen molar-refractivity contribution in [3.05, 3.63) is 18.2 Å². The summed E-state index contributed by atoms with van der Waals surface area (Å²) in [7, 11) is 5.77. The third kappa shape index (κ3) is 3.03. The van der Waals surface area contributed by atoms with Crippen LogP contribution < -0.4 is 5.32 Å². The maximum Gasteiger partial charge on any atom is 0.318 e. The van der Waals surface area contributed by atoms with Gasteiger partial charge >= 0.3 is 6.03 Å². The summed E-state index contributed by atoms with van der Waals surface area (Å²) in [6.07, 6.45) is 4.36. The van der Waals surface area contributed by atoms with E-state index in [9.17, 15) is 9.59 Å². The predicted octanol–water partition coefficient (Wildman–Crippen LogP) is -0.351. The number of likely N-dealkylation sites (N-methyl/N-ethyl adjacent to an activating group) is 2. The van der Waals surface area contributed by atoms with Crippen LogP contribution >= 0.6 is 0 Å². The molecule has 0 spiro atoms. The Kier molecular flexibility index (Phi) is 4.25. The highest BCUT2D eigenvalue weighted by Crippen LogP contribution is 2.22. The minimum Gasteiger partial charge on any atom is -0.344 e. The number of urea groups is 1. The molecule has 2 unspecified atom stereocenters. The summed E-state index contributed by atoms with van der Waals surface area (Å²) in [4.78, 5) is 34.5. The van der Waals surface area contributed by atoms with Gasteiger partial charge in [0.15, 0.2) is 0 Å². The Hall–Kier alpha value is -2.09. The summed E-state index contributed by atoms with van der Waals surface area (Å²) in [6, 6.07) is -0.485. The molecule has 0 aromatic carbocycles. The van der Waals surface area contributed by atoms with Gasteiger partial charge in [0.25, 0.3) is 0 Å². The maximum absolute atomic E-state index is 12.5. The van der Waals surface area contributed by atoms with E-state index in [1.54, 1.807) is 23.0 Å². The quantitative estimate of drug-likeness (QED) is 0.808. The summed E-state index contributed by atoms with van der Waals surface area (Å²) < 4.78 is 1.98. The summed E-state index contributed by atoms with van der Waals surface area (Å²) in [5.74, 6) is 0.940. The highest BCUT2D eigenvalue weighted by molar-refractivity contribution is 5.88. The van der Waals surface area contributed by atoms with E-state index in [2.05, 4.69) is 15.2 Å². The summed E-state index contributed by atoms with van der Waals surface area (Å²) in [6.45, 7) is 2.70. The summed E-state index contributed by atoms with van der Waals surface area (Å²) >= 11 is 0. The average Bonchev–Trinajstić information content (AvgIpc) is 3.08. The fourth-order valence-corrected chi connectivity index (χ4v) is 3.23. The van der Waals surface area contributed by atoms with Crippen molar-refractivity contribution in [3.63, 3.8) is 0 Å². The van der Waals surface area contributed by atoms with Crippen LogP contribution in [0.4, 0.5) is 4.79 Å². The van der Waals surface area contributed by atoms with Gasteiger partial charge in [0.2, 0.25) is 5.91 Å². The van der Waals surface area contributed by atoms with E-state index in [0.29, 0.717) is 26.1 Å². The van der Waals surface area contributed by atoms with Gasteiger partial charge < -0.3 is 19.7 Å². The van der Waals surface area contributed by atoms with Crippen molar-refractivity contribution >= 4 is 11.9 Å². The largest absolute Gasteiger partial charge is 0.344 e. The number of hydrogen-bond acceptors (Lipinski definition) is 4. The van der Waals surface area contributed by atoms with E-state index in [-0.39, 0.29) is 18.0 Å². The fourth-order valence-electron chi connectivity index (χ4n) is 3.23. The van der Waals surface area contributed by atoms with Gasteiger partial charge in [-0.15, -0.1) is 0 Å². The van der Waals surface area contributed by atoms with Crippen molar-refractivity contribution in [3.8, 4) is 0 Å². The Labute approximate surface area is 136 Å². The molecule has 3 heterocycles. The number of amides is 3. The molecule has 8 nitrogen and oxygen atoms in total. The topological polar surface area (TPSA) is 73.7 Å². The lowest BCUT2D eigenvalue weighted by atomic mass is 10.1. The molecule has 8 heteroatoms. The first kappa shape index (κ1) is 15.8. The van der Waals surface area contributed by atoms with Gasteiger partial charge in [0.05, 0.1) is 6.04 Å². The zero-order valence-corrected chi connectivity index (χ0v) is 13.9. The number of likely N-dealkylation sites (tertiary alicyclic amines) is 1. The highest BCUT2D eigenvalue weighted by atomic mass is 16.2. The molecule has 0 bridgehead atoms. The summed E-state index contributed by atoms with van der Waals surface area (Å²) in [5.41, 5.74) is 0. The van der Waals surface area contributed by atoms with Crippen molar-refractivity contribution < 1.29 is 9.59 Å². The van der Waals surface area contributed by atoms with E-state index in [1.807, 2.05) is 24.9 Å². The zero-order chi connectivity index (χ0) is 16.6. The first-order valence-electron chi connectivity index (χ1n) is 7.95. The lowest BCUT2D eigenvalue weighted by Gasteiger charge is -2.39. The average molecular weight is 320 g/mol. The third-order valence-corrected chi connectivity index (χ3v) is 4.82. The molecule has 2 aliphatic heterocycles. The molecule has 0 radical (unpaired) electrons. The third-order valence-electron chi connectivity index (χ3n) is 4.82. The second-order valence-electron chi connectivity index (χ2n) is 6.39. The molecule has 2 fully saturated rings. The first-order chi connectivity index (χ1) is 11.0. The predicted molar refractivity (Wildman–Crippen MR) is 84.7 cm³/mol. The zero-order valence-electron chi connectivity index (χ0n) is 13.9. The van der Waals surface area contributed by atoms with Crippen LogP contribution in [0.1, 0.15) is 18.3 Å². The van der Waals surface area contributed by atoms with Gasteiger partial charge in [-0.25, -0.2) is 9.78 Å². The van der Waals surface area contributed by atoms with Gasteiger partial charge in [-0.2, -0.15) is 0 Å². The molecular formula is C15H24N6O2. The van der Waals surface area contributed by atoms with Crippen molar-refractivity contribution in [1.82, 2.24) is 29.6 Å².